The van der Waals surface area contributed by atoms with Gasteiger partial charge in [-0.3, -0.25) is 4.57 Å². The van der Waals surface area contributed by atoms with E-state index >= 15 is 0 Å². The molecule has 0 aliphatic rings. The van der Waals surface area contributed by atoms with Gasteiger partial charge in [-0.05, 0) is 41.5 Å². The fourth-order valence-corrected chi connectivity index (χ4v) is 6.30. The molecule has 6 aromatic carbocycles. The highest BCUT2D eigenvalue weighted by atomic mass is 32.1. The first-order valence-electron chi connectivity index (χ1n) is 13.0. The van der Waals surface area contributed by atoms with Crippen LogP contribution in [0.4, 0.5) is 0 Å². The molecule has 5 heteroatoms. The fraction of sp³-hybridized carbons (Fsp3) is 0.0294. The Hall–Kier alpha value is -4.87. The molecule has 0 fully saturated rings. The summed E-state index contributed by atoms with van der Waals surface area (Å²) in [6.45, 7) is 2.11. The number of benzene rings is 6. The van der Waals surface area contributed by atoms with Gasteiger partial charge < -0.3 is 0 Å². The fourth-order valence-electron chi connectivity index (χ4n) is 5.73. The van der Waals surface area contributed by atoms with Gasteiger partial charge in [0.15, 0.2) is 0 Å². The minimum absolute atomic E-state index is 0.867. The second-order valence-electron chi connectivity index (χ2n) is 9.88. The Morgan fingerprint density at radius 3 is 1.87 bits per heavy atom. The van der Waals surface area contributed by atoms with Crippen LogP contribution in [0.3, 0.4) is 0 Å². The SMILES string of the molecule is Cc1ccc(-c2ccc(-c3nc4c5ccccc5c5ccccc5c4n3-c3ccccc3)c3nsnc23)cc1. The number of para-hydroxylation sites is 1. The third-order valence-electron chi connectivity index (χ3n) is 7.57. The van der Waals surface area contributed by atoms with Crippen molar-refractivity contribution >= 4 is 55.3 Å². The largest absolute Gasteiger partial charge is 0.292 e. The normalized spacial score (nSPS) is 11.7. The molecule has 184 valence electrons. The Morgan fingerprint density at radius 1 is 0.538 bits per heavy atom. The van der Waals surface area contributed by atoms with Gasteiger partial charge in [0, 0.05) is 27.6 Å². The third kappa shape index (κ3) is 3.33. The zero-order chi connectivity index (χ0) is 25.9. The average molecular weight is 519 g/mol. The first-order chi connectivity index (χ1) is 19.3. The lowest BCUT2D eigenvalue weighted by Gasteiger charge is -2.13. The van der Waals surface area contributed by atoms with Crippen LogP contribution in [0.1, 0.15) is 5.56 Å². The van der Waals surface area contributed by atoms with E-state index in [9.17, 15) is 0 Å². The van der Waals surface area contributed by atoms with Crippen LogP contribution in [0.5, 0.6) is 0 Å². The summed E-state index contributed by atoms with van der Waals surface area (Å²) in [7, 11) is 0. The number of imidazole rings is 1. The number of hydrogen-bond acceptors (Lipinski definition) is 4. The molecule has 0 N–H and O–H groups in total. The molecule has 0 saturated heterocycles. The first kappa shape index (κ1) is 22.1. The molecule has 39 heavy (non-hydrogen) atoms. The van der Waals surface area contributed by atoms with Gasteiger partial charge in [0.2, 0.25) is 0 Å². The minimum Gasteiger partial charge on any atom is -0.292 e. The van der Waals surface area contributed by atoms with Crippen LogP contribution in [0.2, 0.25) is 0 Å². The molecule has 0 saturated carbocycles. The number of aryl methyl sites for hydroxylation is 1. The Morgan fingerprint density at radius 2 is 1.13 bits per heavy atom. The topological polar surface area (TPSA) is 43.6 Å². The molecular formula is C34H22N4S. The molecule has 2 aromatic heterocycles. The van der Waals surface area contributed by atoms with Crippen LogP contribution in [-0.2, 0) is 0 Å². The van der Waals surface area contributed by atoms with E-state index in [1.807, 2.05) is 0 Å². The van der Waals surface area contributed by atoms with E-state index in [1.165, 1.54) is 33.5 Å². The van der Waals surface area contributed by atoms with Crippen molar-refractivity contribution in [3.63, 3.8) is 0 Å². The summed E-state index contributed by atoms with van der Waals surface area (Å²) in [6.07, 6.45) is 0. The van der Waals surface area contributed by atoms with E-state index in [0.29, 0.717) is 0 Å². The Kier molecular flexibility index (Phi) is 4.87. The number of fused-ring (bicyclic) bond motifs is 7. The van der Waals surface area contributed by atoms with Crippen LogP contribution in [-0.4, -0.2) is 18.3 Å². The average Bonchev–Trinajstić information content (AvgIpc) is 3.64. The molecule has 8 aromatic rings. The molecule has 2 heterocycles. The van der Waals surface area contributed by atoms with Gasteiger partial charge in [0.05, 0.1) is 22.8 Å². The molecule has 0 radical (unpaired) electrons. The first-order valence-corrected chi connectivity index (χ1v) is 13.7. The molecule has 4 nitrogen and oxygen atoms in total. The van der Waals surface area contributed by atoms with Crippen LogP contribution in [0, 0.1) is 6.92 Å². The molecular weight excluding hydrogens is 496 g/mol. The second kappa shape index (κ2) is 8.58. The van der Waals surface area contributed by atoms with E-state index in [2.05, 4.69) is 127 Å². The number of nitrogens with zero attached hydrogens (tertiary/aromatic N) is 4. The maximum absolute atomic E-state index is 5.38. The number of hydrogen-bond donors (Lipinski definition) is 0. The summed E-state index contributed by atoms with van der Waals surface area (Å²) in [5.41, 5.74) is 9.36. The Bertz CT molecular complexity index is 2170. The van der Waals surface area contributed by atoms with Gasteiger partial charge in [-0.25, -0.2) is 4.98 Å². The van der Waals surface area contributed by atoms with E-state index in [4.69, 9.17) is 13.7 Å². The number of aromatic nitrogens is 4. The van der Waals surface area contributed by atoms with Crippen molar-refractivity contribution in [1.82, 2.24) is 18.3 Å². The summed E-state index contributed by atoms with van der Waals surface area (Å²) in [4.78, 5) is 5.38. The highest BCUT2D eigenvalue weighted by Crippen LogP contribution is 2.41. The predicted molar refractivity (Wildman–Crippen MR) is 163 cm³/mol. The van der Waals surface area contributed by atoms with Gasteiger partial charge in [-0.2, -0.15) is 8.75 Å². The van der Waals surface area contributed by atoms with Crippen LogP contribution in [0.25, 0.3) is 71.8 Å². The van der Waals surface area contributed by atoms with Crippen molar-refractivity contribution < 1.29 is 0 Å². The van der Waals surface area contributed by atoms with E-state index in [0.717, 1.165) is 55.7 Å². The monoisotopic (exact) mass is 518 g/mol. The molecule has 0 bridgehead atoms. The molecule has 0 atom stereocenters. The van der Waals surface area contributed by atoms with Crippen molar-refractivity contribution in [1.29, 1.82) is 0 Å². The lowest BCUT2D eigenvalue weighted by atomic mass is 10.00. The second-order valence-corrected chi connectivity index (χ2v) is 10.4. The zero-order valence-corrected chi connectivity index (χ0v) is 22.0. The van der Waals surface area contributed by atoms with Gasteiger partial charge in [0.1, 0.15) is 16.9 Å². The summed E-state index contributed by atoms with van der Waals surface area (Å²) in [5.74, 6) is 0.867. The quantitative estimate of drug-likeness (QED) is 0.219. The minimum atomic E-state index is 0.867. The molecule has 8 rings (SSSR count). The van der Waals surface area contributed by atoms with Crippen LogP contribution >= 0.6 is 11.7 Å². The van der Waals surface area contributed by atoms with Gasteiger partial charge in [-0.1, -0.05) is 103 Å². The van der Waals surface area contributed by atoms with E-state index in [1.54, 1.807) is 0 Å². The van der Waals surface area contributed by atoms with Crippen molar-refractivity contribution in [2.45, 2.75) is 6.92 Å². The van der Waals surface area contributed by atoms with Crippen molar-refractivity contribution in [2.24, 2.45) is 0 Å². The predicted octanol–water partition coefficient (Wildman–Crippen LogP) is 8.98. The van der Waals surface area contributed by atoms with E-state index < -0.39 is 0 Å². The summed E-state index contributed by atoms with van der Waals surface area (Å²) >= 11 is 1.25. The van der Waals surface area contributed by atoms with Gasteiger partial charge >= 0.3 is 0 Å². The maximum atomic E-state index is 5.38. The van der Waals surface area contributed by atoms with E-state index in [-0.39, 0.29) is 0 Å². The lowest BCUT2D eigenvalue weighted by molar-refractivity contribution is 1.11. The zero-order valence-electron chi connectivity index (χ0n) is 21.2. The van der Waals surface area contributed by atoms with Crippen molar-refractivity contribution in [2.75, 3.05) is 0 Å². The summed E-state index contributed by atoms with van der Waals surface area (Å²) in [5, 5.41) is 4.75. The summed E-state index contributed by atoms with van der Waals surface area (Å²) < 4.78 is 11.9. The Labute approximate surface area is 229 Å². The Balaban J connectivity index is 1.51. The number of rotatable bonds is 3. The third-order valence-corrected chi connectivity index (χ3v) is 8.09. The molecule has 0 aliphatic carbocycles. The lowest BCUT2D eigenvalue weighted by Crippen LogP contribution is -1.99. The van der Waals surface area contributed by atoms with Crippen LogP contribution < -0.4 is 0 Å². The van der Waals surface area contributed by atoms with Gasteiger partial charge in [0.25, 0.3) is 0 Å². The molecule has 0 unspecified atom stereocenters. The standard InChI is InChI=1S/C34H22N4S/c1-21-15-17-22(18-16-21)24-19-20-29(31-30(24)36-39-37-31)34-35-32-27-13-7-5-11-25(27)26-12-6-8-14-28(26)33(32)38(34)23-9-3-2-4-10-23/h2-20H,1H3. The maximum Gasteiger partial charge on any atom is 0.148 e. The summed E-state index contributed by atoms with van der Waals surface area (Å²) in [6, 6.07) is 40.6. The van der Waals surface area contributed by atoms with Gasteiger partial charge in [-0.15, -0.1) is 0 Å². The molecule has 0 spiro atoms. The smallest absolute Gasteiger partial charge is 0.148 e. The van der Waals surface area contributed by atoms with Crippen molar-refractivity contribution in [3.8, 4) is 28.2 Å². The highest BCUT2D eigenvalue weighted by Gasteiger charge is 2.23. The molecule has 0 amide bonds. The van der Waals surface area contributed by atoms with Crippen LogP contribution in [0.15, 0.2) is 115 Å². The highest BCUT2D eigenvalue weighted by molar-refractivity contribution is 7.00. The van der Waals surface area contributed by atoms with Crippen molar-refractivity contribution in [3.05, 3.63) is 121 Å². The molecule has 0 aliphatic heterocycles.